The Morgan fingerprint density at radius 1 is 0.929 bits per heavy atom. The van der Waals surface area contributed by atoms with E-state index in [9.17, 15) is 9.59 Å². The Morgan fingerprint density at radius 3 is 2.14 bits per heavy atom. The van der Waals surface area contributed by atoms with E-state index < -0.39 is 0 Å². The average molecular weight is 401 g/mol. The molecule has 0 unspecified atom stereocenters. The third kappa shape index (κ3) is 6.64. The standard InChI is InChI=1S/C20H23N3O4S/c1-3-26-12-13-27-17-10-6-15(7-11-17)19(25)23-20(28)22-16-8-4-14(5-9-16)18(24)21-2/h4-11H,3,12-13H2,1-2H3,(H,21,24)(H2,22,23,25,28). The lowest BCUT2D eigenvalue weighted by atomic mass is 10.2. The molecule has 2 aromatic carbocycles. The van der Waals surface area contributed by atoms with Crippen LogP contribution < -0.4 is 20.7 Å². The fraction of sp³-hybridized carbons (Fsp3) is 0.250. The van der Waals surface area contributed by atoms with Crippen LogP contribution in [0.1, 0.15) is 27.6 Å². The van der Waals surface area contributed by atoms with Gasteiger partial charge in [-0.1, -0.05) is 0 Å². The lowest BCUT2D eigenvalue weighted by Gasteiger charge is -2.11. The van der Waals surface area contributed by atoms with Crippen LogP contribution in [-0.2, 0) is 4.74 Å². The molecule has 0 aliphatic rings. The third-order valence-electron chi connectivity index (χ3n) is 3.68. The van der Waals surface area contributed by atoms with Gasteiger partial charge in [0.05, 0.1) is 6.61 Å². The summed E-state index contributed by atoms with van der Waals surface area (Å²) in [7, 11) is 1.57. The molecule has 8 heteroatoms. The number of amides is 2. The summed E-state index contributed by atoms with van der Waals surface area (Å²) in [4.78, 5) is 23.8. The SMILES string of the molecule is CCOCCOc1ccc(C(=O)NC(=S)Nc2ccc(C(=O)NC)cc2)cc1. The highest BCUT2D eigenvalue weighted by Crippen LogP contribution is 2.13. The van der Waals surface area contributed by atoms with Gasteiger partial charge in [-0.25, -0.2) is 0 Å². The first kappa shape index (κ1) is 21.3. The third-order valence-corrected chi connectivity index (χ3v) is 3.88. The monoisotopic (exact) mass is 401 g/mol. The van der Waals surface area contributed by atoms with Crippen LogP contribution in [0, 0.1) is 0 Å². The molecule has 2 aromatic rings. The van der Waals surface area contributed by atoms with E-state index in [0.717, 1.165) is 0 Å². The highest BCUT2D eigenvalue weighted by Gasteiger charge is 2.09. The van der Waals surface area contributed by atoms with Crippen molar-refractivity contribution < 1.29 is 19.1 Å². The van der Waals surface area contributed by atoms with Crippen LogP contribution in [0.4, 0.5) is 5.69 Å². The van der Waals surface area contributed by atoms with E-state index >= 15 is 0 Å². The number of hydrogen-bond acceptors (Lipinski definition) is 5. The van der Waals surface area contributed by atoms with Crippen LogP contribution in [0.2, 0.25) is 0 Å². The lowest BCUT2D eigenvalue weighted by molar-refractivity contribution is 0.0959. The summed E-state index contributed by atoms with van der Waals surface area (Å²) >= 11 is 5.17. The number of ether oxygens (including phenoxy) is 2. The van der Waals surface area contributed by atoms with Crippen molar-refractivity contribution in [3.63, 3.8) is 0 Å². The maximum atomic E-state index is 12.3. The normalized spacial score (nSPS) is 10.1. The molecule has 0 fully saturated rings. The predicted octanol–water partition coefficient (Wildman–Crippen LogP) is 2.59. The van der Waals surface area contributed by atoms with Crippen molar-refractivity contribution >= 4 is 34.8 Å². The van der Waals surface area contributed by atoms with Crippen molar-refractivity contribution in [2.24, 2.45) is 0 Å². The summed E-state index contributed by atoms with van der Waals surface area (Å²) < 4.78 is 10.7. The Kier molecular flexibility index (Phi) is 8.38. The molecule has 0 bridgehead atoms. The van der Waals surface area contributed by atoms with E-state index in [0.29, 0.717) is 42.4 Å². The van der Waals surface area contributed by atoms with Crippen molar-refractivity contribution in [2.75, 3.05) is 32.2 Å². The minimum absolute atomic E-state index is 0.162. The number of hydrogen-bond donors (Lipinski definition) is 3. The quantitative estimate of drug-likeness (QED) is 0.465. The van der Waals surface area contributed by atoms with Crippen LogP contribution in [0.25, 0.3) is 0 Å². The van der Waals surface area contributed by atoms with Crippen LogP contribution in [0.5, 0.6) is 5.75 Å². The summed E-state index contributed by atoms with van der Waals surface area (Å²) in [5, 5.41) is 8.23. The number of anilines is 1. The topological polar surface area (TPSA) is 88.7 Å². The molecule has 0 aliphatic heterocycles. The second-order valence-electron chi connectivity index (χ2n) is 5.63. The highest BCUT2D eigenvalue weighted by atomic mass is 32.1. The molecule has 7 nitrogen and oxygen atoms in total. The second kappa shape index (κ2) is 11.0. The van der Waals surface area contributed by atoms with Crippen molar-refractivity contribution in [2.45, 2.75) is 6.92 Å². The molecule has 0 radical (unpaired) electrons. The van der Waals surface area contributed by atoms with E-state index in [1.807, 2.05) is 6.92 Å². The van der Waals surface area contributed by atoms with E-state index in [4.69, 9.17) is 21.7 Å². The molecular formula is C20H23N3O4S. The van der Waals surface area contributed by atoms with Crippen molar-refractivity contribution in [3.8, 4) is 5.75 Å². The molecular weight excluding hydrogens is 378 g/mol. The first-order chi connectivity index (χ1) is 13.5. The van der Waals surface area contributed by atoms with Gasteiger partial charge in [0.25, 0.3) is 11.8 Å². The molecule has 0 aliphatic carbocycles. The molecule has 2 rings (SSSR count). The van der Waals surface area contributed by atoms with Crippen molar-refractivity contribution in [3.05, 3.63) is 59.7 Å². The minimum Gasteiger partial charge on any atom is -0.491 e. The maximum Gasteiger partial charge on any atom is 0.257 e. The van der Waals surface area contributed by atoms with Gasteiger partial charge in [0, 0.05) is 30.5 Å². The smallest absolute Gasteiger partial charge is 0.257 e. The zero-order chi connectivity index (χ0) is 20.4. The largest absolute Gasteiger partial charge is 0.491 e. The first-order valence-corrected chi connectivity index (χ1v) is 9.19. The summed E-state index contributed by atoms with van der Waals surface area (Å²) in [6.45, 7) is 3.54. The Morgan fingerprint density at radius 2 is 1.54 bits per heavy atom. The maximum absolute atomic E-state index is 12.3. The number of nitrogens with one attached hydrogen (secondary N) is 3. The van der Waals surface area contributed by atoms with Crippen LogP contribution in [-0.4, -0.2) is 43.8 Å². The van der Waals surface area contributed by atoms with Crippen LogP contribution in [0.3, 0.4) is 0 Å². The van der Waals surface area contributed by atoms with Gasteiger partial charge in [-0.15, -0.1) is 0 Å². The predicted molar refractivity (Wildman–Crippen MR) is 112 cm³/mol. The zero-order valence-corrected chi connectivity index (χ0v) is 16.6. The Balaban J connectivity index is 1.84. The number of thiocarbonyl (C=S) groups is 1. The van der Waals surface area contributed by atoms with Crippen LogP contribution in [0.15, 0.2) is 48.5 Å². The van der Waals surface area contributed by atoms with Crippen molar-refractivity contribution in [1.82, 2.24) is 10.6 Å². The van der Waals surface area contributed by atoms with E-state index in [1.54, 1.807) is 55.6 Å². The summed E-state index contributed by atoms with van der Waals surface area (Å²) in [6.07, 6.45) is 0. The van der Waals surface area contributed by atoms with Gasteiger partial charge in [-0.05, 0) is 67.7 Å². The summed E-state index contributed by atoms with van der Waals surface area (Å²) in [6, 6.07) is 13.5. The van der Waals surface area contributed by atoms with Crippen molar-refractivity contribution in [1.29, 1.82) is 0 Å². The zero-order valence-electron chi connectivity index (χ0n) is 15.8. The van der Waals surface area contributed by atoms with Gasteiger partial charge in [-0.3, -0.25) is 14.9 Å². The molecule has 0 heterocycles. The van der Waals surface area contributed by atoms with Gasteiger partial charge in [0.2, 0.25) is 0 Å². The minimum atomic E-state index is -0.333. The Hall–Kier alpha value is -2.97. The molecule has 3 N–H and O–H groups in total. The molecule has 0 atom stereocenters. The molecule has 148 valence electrons. The number of carbonyl (C=O) groups is 2. The van der Waals surface area contributed by atoms with Gasteiger partial charge in [-0.2, -0.15) is 0 Å². The highest BCUT2D eigenvalue weighted by molar-refractivity contribution is 7.80. The summed E-state index contributed by atoms with van der Waals surface area (Å²) in [5.41, 5.74) is 1.65. The second-order valence-corrected chi connectivity index (χ2v) is 6.04. The molecule has 0 saturated heterocycles. The van der Waals surface area contributed by atoms with Gasteiger partial charge >= 0.3 is 0 Å². The van der Waals surface area contributed by atoms with E-state index in [1.165, 1.54) is 0 Å². The molecule has 0 aromatic heterocycles. The molecule has 0 spiro atoms. The lowest BCUT2D eigenvalue weighted by Crippen LogP contribution is -2.34. The van der Waals surface area contributed by atoms with E-state index in [2.05, 4.69) is 16.0 Å². The first-order valence-electron chi connectivity index (χ1n) is 8.78. The summed E-state index contributed by atoms with van der Waals surface area (Å²) in [5.74, 6) is 0.154. The number of rotatable bonds is 8. The fourth-order valence-electron chi connectivity index (χ4n) is 2.25. The Labute approximate surface area is 169 Å². The molecule has 2 amide bonds. The molecule has 28 heavy (non-hydrogen) atoms. The van der Waals surface area contributed by atoms with Gasteiger partial charge in [0.1, 0.15) is 12.4 Å². The Bertz CT molecular complexity index is 807. The van der Waals surface area contributed by atoms with Crippen LogP contribution >= 0.6 is 12.2 Å². The van der Waals surface area contributed by atoms with Gasteiger partial charge < -0.3 is 20.1 Å². The van der Waals surface area contributed by atoms with E-state index in [-0.39, 0.29) is 16.9 Å². The number of benzene rings is 2. The average Bonchev–Trinajstić information content (AvgIpc) is 2.71. The van der Waals surface area contributed by atoms with Gasteiger partial charge in [0.15, 0.2) is 5.11 Å². The number of carbonyl (C=O) groups excluding carboxylic acids is 2. The molecule has 0 saturated carbocycles. The fourth-order valence-corrected chi connectivity index (χ4v) is 2.46.